The van der Waals surface area contributed by atoms with Crippen LogP contribution in [0.2, 0.25) is 0 Å². The van der Waals surface area contributed by atoms with Crippen molar-refractivity contribution in [3.8, 4) is 0 Å². The van der Waals surface area contributed by atoms with Gasteiger partial charge in [-0.3, -0.25) is 93.2 Å². The standard InChI is InChI=1S/C75H99N19O24/c1-15-40-30(6)46-26-49-41(16-2)31(7)45(87-49)25-47-32(8)42(20-21-53(98)79-33(9)63(100)81-36(12)66(103)89-92(27-50(76)95)70(107)57-60(116-57)73(110)113-17-3)55(88-47)43(24-54(99)80-34(10)64(101)82-37(13)67(104)90-93(28-51(77)96)71(108)58-61(117-58)74(111)114-18-4)56-44(22-39(85-56)23-48(40)86-46)69(106)84-35(11)65(102)83-38(14)68(105)91-94(29-52(78)97)72(109)59-62(118-59)75(112)115-19-5/h16,22-23,26,32-38,42,45,57-62,85,87H,2,15,17-21,24-25,27-29H2,1,3-14H3,(H2,76,95)(H2,77,96)(H2,78,97)(H,79,98)(H,80,99)(H,81,100)(H,82,101)(H,83,102)(H,84,106)(H,89,103)(H,90,104)(H,91,105)/b48-23-,49-26-,55-43-/t32-,33?,34?,35?,36?,37?,38?,42-,45?,57-,58-,59-,60-,61-,62-/m0/s1. The molecule has 7 aliphatic rings. The topological polar surface area (TPSA) is 621 Å². The molecule has 8 bridgehead atoms. The molecule has 7 aliphatic heterocycles. The molecule has 43 nitrogen and oxygen atoms in total. The summed E-state index contributed by atoms with van der Waals surface area (Å²) in [5, 5.41) is 20.4. The highest BCUT2D eigenvalue weighted by Crippen LogP contribution is 2.44. The van der Waals surface area contributed by atoms with Gasteiger partial charge in [-0.15, -0.1) is 0 Å². The second-order valence-electron chi connectivity index (χ2n) is 28.6. The third kappa shape index (κ3) is 22.4. The van der Waals surface area contributed by atoms with E-state index in [1.165, 1.54) is 68.4 Å². The zero-order valence-electron chi connectivity index (χ0n) is 67.2. The number of rotatable bonds is 35. The monoisotopic (exact) mass is 1650 g/mol. The fraction of sp³-hybridized carbons (Fsp3) is 0.520. The number of esters is 3. The van der Waals surface area contributed by atoms with Crippen LogP contribution in [-0.2, 0) is 110 Å². The average Bonchev–Trinajstić information content (AvgIpc) is 1.60. The van der Waals surface area contributed by atoms with Crippen molar-refractivity contribution in [1.82, 2.24) is 73.5 Å². The summed E-state index contributed by atoms with van der Waals surface area (Å²) in [6, 6.07) is -7.95. The molecule has 3 fully saturated rings. The molecule has 0 radical (unpaired) electrons. The zero-order valence-corrected chi connectivity index (χ0v) is 67.2. The van der Waals surface area contributed by atoms with Gasteiger partial charge in [-0.05, 0) is 130 Å². The summed E-state index contributed by atoms with van der Waals surface area (Å²) in [4.78, 5) is 255. The van der Waals surface area contributed by atoms with E-state index in [2.05, 4.69) is 65.1 Å². The van der Waals surface area contributed by atoms with Gasteiger partial charge in [-0.25, -0.2) is 34.4 Å². The lowest BCUT2D eigenvalue weighted by molar-refractivity contribution is -0.146. The highest BCUT2D eigenvalue weighted by Gasteiger charge is 2.56. The van der Waals surface area contributed by atoms with Gasteiger partial charge in [-0.1, -0.05) is 26.5 Å². The number of ether oxygens (including phenoxy) is 6. The predicted octanol–water partition coefficient (Wildman–Crippen LogP) is -4.44. The van der Waals surface area contributed by atoms with E-state index in [1.807, 2.05) is 33.8 Å². The first-order chi connectivity index (χ1) is 55.6. The molecule has 15 amide bonds. The molecule has 7 unspecified atom stereocenters. The number of epoxide rings is 3. The highest BCUT2D eigenvalue weighted by molar-refractivity contribution is 6.13. The number of H-pyrrole nitrogens is 1. The van der Waals surface area contributed by atoms with Gasteiger partial charge in [0.2, 0.25) is 47.3 Å². The molecule has 0 spiro atoms. The van der Waals surface area contributed by atoms with Gasteiger partial charge in [0.25, 0.3) is 41.4 Å². The number of aromatic nitrogens is 1. The molecule has 118 heavy (non-hydrogen) atoms. The number of hydrazine groups is 3. The second-order valence-corrected chi connectivity index (χ2v) is 28.6. The lowest BCUT2D eigenvalue weighted by Gasteiger charge is -2.25. The van der Waals surface area contributed by atoms with Crippen molar-refractivity contribution in [2.24, 2.45) is 39.0 Å². The highest BCUT2D eigenvalue weighted by atomic mass is 16.7. The first-order valence-corrected chi connectivity index (χ1v) is 38.0. The first kappa shape index (κ1) is 90.7. The molecule has 8 rings (SSSR count). The summed E-state index contributed by atoms with van der Waals surface area (Å²) >= 11 is 0. The zero-order chi connectivity index (χ0) is 87.3. The van der Waals surface area contributed by atoms with Crippen LogP contribution < -0.4 is 70.7 Å². The number of carbonyl (C=O) groups is 18. The van der Waals surface area contributed by atoms with Crippen LogP contribution in [0.15, 0.2) is 74.2 Å². The lowest BCUT2D eigenvalue weighted by atomic mass is 9.82. The number of hydrogen-bond acceptors (Lipinski definition) is 27. The van der Waals surface area contributed by atoms with E-state index >= 15 is 9.59 Å². The molecule has 0 saturated carbocycles. The van der Waals surface area contributed by atoms with Crippen molar-refractivity contribution in [3.63, 3.8) is 0 Å². The van der Waals surface area contributed by atoms with Crippen LogP contribution in [0.5, 0.6) is 0 Å². The number of nitrogens with one attached hydrogen (secondary N) is 11. The molecule has 638 valence electrons. The molecular weight excluding hydrogens is 1550 g/mol. The van der Waals surface area contributed by atoms with E-state index < -0.39 is 223 Å². The maximum absolute atomic E-state index is 15.4. The van der Waals surface area contributed by atoms with Crippen molar-refractivity contribution >= 4 is 130 Å². The average molecular weight is 1650 g/mol. The number of hydrogen-bond donors (Lipinski definition) is 14. The largest absolute Gasteiger partial charge is 0.464 e. The number of fused-ring (bicyclic) bond motifs is 6. The van der Waals surface area contributed by atoms with E-state index in [1.54, 1.807) is 12.2 Å². The number of nitrogens with two attached hydrogens (primary N) is 3. The van der Waals surface area contributed by atoms with Crippen molar-refractivity contribution in [2.75, 3.05) is 39.5 Å². The Morgan fingerprint density at radius 3 is 1.38 bits per heavy atom. The molecule has 1 aromatic heterocycles. The first-order valence-electron chi connectivity index (χ1n) is 38.0. The van der Waals surface area contributed by atoms with Gasteiger partial charge >= 0.3 is 17.9 Å². The van der Waals surface area contributed by atoms with Gasteiger partial charge in [0, 0.05) is 53.1 Å². The van der Waals surface area contributed by atoms with Crippen LogP contribution in [0.4, 0.5) is 0 Å². The van der Waals surface area contributed by atoms with Crippen molar-refractivity contribution in [2.45, 2.75) is 201 Å². The minimum atomic E-state index is -1.53. The van der Waals surface area contributed by atoms with E-state index in [-0.39, 0.29) is 67.3 Å². The SMILES string of the molecule is C=CC1=C(C)C2CC3=N/C(=C(/CC(=O)NC(C)C(=O)NC(C)C(=O)NN(CC(N)=O)C(=O)[C@H]4O[C@@H]4C(=O)OCC)c4[nH]c(cc4C(=O)NC(C)C(=O)NC(C)C(=O)NN(CC(N)=O)C(=O)[C@H]4O[C@@H]4C(=O)OCC)/C=C4N=C(/C=C/1N2)C(C)=C\4CC)[C@@H](CCC(=O)NC(C)C(=O)NC(C)C(=O)NN(CC(N)=O)C(=O)[C@H]1O[C@@H]1C(=O)OCC)[C@@H]3C. The molecule has 8 heterocycles. The fourth-order valence-electron chi connectivity index (χ4n) is 13.2. The predicted molar refractivity (Wildman–Crippen MR) is 411 cm³/mol. The Morgan fingerprint density at radius 1 is 0.559 bits per heavy atom. The summed E-state index contributed by atoms with van der Waals surface area (Å²) in [6.07, 6.45) is -3.69. The molecule has 3 saturated heterocycles. The van der Waals surface area contributed by atoms with Crippen molar-refractivity contribution in [3.05, 3.63) is 81.1 Å². The summed E-state index contributed by atoms with van der Waals surface area (Å²) in [6.45, 7) is 21.0. The third-order valence-corrected chi connectivity index (χ3v) is 19.7. The van der Waals surface area contributed by atoms with Crippen molar-refractivity contribution < 1.29 is 115 Å². The Bertz CT molecular complexity index is 4550. The smallest absolute Gasteiger partial charge is 0.338 e. The number of amides is 15. The third-order valence-electron chi connectivity index (χ3n) is 19.7. The van der Waals surface area contributed by atoms with E-state index in [0.29, 0.717) is 44.3 Å². The molecule has 0 aliphatic carbocycles. The number of nitrogens with zero attached hydrogens (tertiary/aromatic N) is 5. The molecule has 1 aromatic rings. The maximum Gasteiger partial charge on any atom is 0.338 e. The number of carbonyl (C=O) groups excluding carboxylic acids is 18. The Hall–Kier alpha value is -12.8. The van der Waals surface area contributed by atoms with Gasteiger partial charge < -0.3 is 87.8 Å². The van der Waals surface area contributed by atoms with Crippen LogP contribution in [-0.4, -0.2) is 256 Å². The van der Waals surface area contributed by atoms with Crippen LogP contribution in [0, 0.1) is 11.8 Å². The normalized spacial score (nSPS) is 23.4. The van der Waals surface area contributed by atoms with Crippen LogP contribution in [0.25, 0.3) is 11.6 Å². The maximum atomic E-state index is 15.4. The van der Waals surface area contributed by atoms with Gasteiger partial charge in [0.15, 0.2) is 36.6 Å². The summed E-state index contributed by atoms with van der Waals surface area (Å²) in [5.74, 6) is -19.1. The van der Waals surface area contributed by atoms with Crippen molar-refractivity contribution in [1.29, 1.82) is 0 Å². The Morgan fingerprint density at radius 2 is 0.975 bits per heavy atom. The number of primary amides is 3. The minimum Gasteiger partial charge on any atom is -0.464 e. The van der Waals surface area contributed by atoms with E-state index in [0.717, 1.165) is 22.3 Å². The lowest BCUT2D eigenvalue weighted by Crippen LogP contribution is -2.57. The van der Waals surface area contributed by atoms with Crippen LogP contribution in [0.1, 0.15) is 144 Å². The molecular formula is C75H99N19O24. The number of aromatic amines is 1. The Labute approximate surface area is 675 Å². The molecule has 15 atom stereocenters. The fourth-order valence-corrected chi connectivity index (χ4v) is 13.2. The van der Waals surface area contributed by atoms with Gasteiger partial charge in [-0.2, -0.15) is 0 Å². The van der Waals surface area contributed by atoms with Gasteiger partial charge in [0.05, 0.1) is 54.9 Å². The van der Waals surface area contributed by atoms with Crippen LogP contribution in [0.3, 0.4) is 0 Å². The van der Waals surface area contributed by atoms with Crippen LogP contribution >= 0.6 is 0 Å². The Kier molecular flexibility index (Phi) is 30.2. The minimum absolute atomic E-state index is 0.0182. The second kappa shape index (κ2) is 39.2. The van der Waals surface area contributed by atoms with E-state index in [4.69, 9.17) is 55.6 Å². The Balaban J connectivity index is 1.13. The quantitative estimate of drug-likeness (QED) is 0.0132. The molecule has 0 aromatic carbocycles. The summed E-state index contributed by atoms with van der Waals surface area (Å²) < 4.78 is 30.1. The number of allylic oxidation sites excluding steroid dienone is 5. The molecule has 43 heteroatoms. The van der Waals surface area contributed by atoms with Gasteiger partial charge in [0.1, 0.15) is 55.9 Å². The summed E-state index contributed by atoms with van der Waals surface area (Å²) in [7, 11) is 0. The number of aliphatic imine (C=N–C) groups is 2. The molecule has 17 N–H and O–H groups in total. The summed E-state index contributed by atoms with van der Waals surface area (Å²) in [5.41, 5.74) is 28.2. The van der Waals surface area contributed by atoms with E-state index in [9.17, 15) is 76.7 Å².